The van der Waals surface area contributed by atoms with Crippen molar-refractivity contribution in [1.82, 2.24) is 5.48 Å². The lowest BCUT2D eigenvalue weighted by atomic mass is 10.1. The highest BCUT2D eigenvalue weighted by Crippen LogP contribution is 2.07. The van der Waals surface area contributed by atoms with Crippen molar-refractivity contribution in [1.29, 1.82) is 0 Å². The Labute approximate surface area is 48.6 Å². The largest absolute Gasteiger partial charge is 0.511 e. The second-order valence-electron chi connectivity index (χ2n) is 2.18. The van der Waals surface area contributed by atoms with Crippen LogP contribution in [0, 0.1) is 0 Å². The minimum absolute atomic E-state index is 0.0833. The standard InChI is InChI=1S/C5H11NO2/c1-4(7)5(2,3)6-8/h6-8H,1H2,2-3H3. The van der Waals surface area contributed by atoms with Gasteiger partial charge in [0, 0.05) is 0 Å². The Bertz CT molecular complexity index is 98.6. The van der Waals surface area contributed by atoms with Crippen LogP contribution in [0.1, 0.15) is 13.8 Å². The van der Waals surface area contributed by atoms with Crippen LogP contribution in [0.2, 0.25) is 0 Å². The Hall–Kier alpha value is -0.540. The maximum Gasteiger partial charge on any atom is 0.107 e. The zero-order valence-electron chi connectivity index (χ0n) is 5.10. The molecule has 0 aliphatic carbocycles. The number of hydroxylamine groups is 1. The molecule has 0 aliphatic heterocycles. The van der Waals surface area contributed by atoms with E-state index in [1.54, 1.807) is 13.8 Å². The van der Waals surface area contributed by atoms with Crippen molar-refractivity contribution in [2.45, 2.75) is 19.4 Å². The smallest absolute Gasteiger partial charge is 0.107 e. The quantitative estimate of drug-likeness (QED) is 0.370. The summed E-state index contributed by atoms with van der Waals surface area (Å²) in [6.07, 6.45) is 0. The summed E-state index contributed by atoms with van der Waals surface area (Å²) in [4.78, 5) is 0. The molecule has 0 aromatic rings. The van der Waals surface area contributed by atoms with Gasteiger partial charge in [-0.25, -0.2) is 0 Å². The van der Waals surface area contributed by atoms with Crippen LogP contribution in [0.5, 0.6) is 0 Å². The lowest BCUT2D eigenvalue weighted by Crippen LogP contribution is -2.38. The predicted molar refractivity (Wildman–Crippen MR) is 30.8 cm³/mol. The molecule has 0 bridgehead atoms. The molecule has 0 aromatic carbocycles. The topological polar surface area (TPSA) is 52.5 Å². The monoisotopic (exact) mass is 117 g/mol. The third-order valence-corrected chi connectivity index (χ3v) is 1.00. The predicted octanol–water partition coefficient (Wildman–Crippen LogP) is 0.815. The van der Waals surface area contributed by atoms with Crippen molar-refractivity contribution in [3.8, 4) is 0 Å². The normalized spacial score (nSPS) is 11.4. The molecule has 0 aliphatic rings. The van der Waals surface area contributed by atoms with E-state index in [1.807, 2.05) is 5.48 Å². The van der Waals surface area contributed by atoms with Gasteiger partial charge in [-0.1, -0.05) is 6.58 Å². The molecule has 8 heavy (non-hydrogen) atoms. The fourth-order valence-electron chi connectivity index (χ4n) is 0.0645. The SMILES string of the molecule is C=C(O)C(C)(C)NO. The molecule has 0 saturated carbocycles. The summed E-state index contributed by atoms with van der Waals surface area (Å²) >= 11 is 0. The maximum atomic E-state index is 8.66. The molecule has 0 unspecified atom stereocenters. The molecule has 3 heteroatoms. The summed E-state index contributed by atoms with van der Waals surface area (Å²) in [5.41, 5.74) is 1.10. The van der Waals surface area contributed by atoms with E-state index >= 15 is 0 Å². The maximum absolute atomic E-state index is 8.66. The molecule has 0 aromatic heterocycles. The Morgan fingerprint density at radius 1 is 1.62 bits per heavy atom. The second kappa shape index (κ2) is 2.15. The zero-order valence-corrected chi connectivity index (χ0v) is 5.10. The second-order valence-corrected chi connectivity index (χ2v) is 2.18. The highest BCUT2D eigenvalue weighted by molar-refractivity contribution is 5.01. The summed E-state index contributed by atoms with van der Waals surface area (Å²) in [5.74, 6) is -0.0833. The van der Waals surface area contributed by atoms with Gasteiger partial charge in [0.2, 0.25) is 0 Å². The number of nitrogens with one attached hydrogen (secondary N) is 1. The minimum atomic E-state index is -0.792. The van der Waals surface area contributed by atoms with Crippen LogP contribution in [0.25, 0.3) is 0 Å². The Balaban J connectivity index is 3.91. The van der Waals surface area contributed by atoms with Gasteiger partial charge in [0.15, 0.2) is 0 Å². The van der Waals surface area contributed by atoms with Crippen molar-refractivity contribution < 1.29 is 10.3 Å². The van der Waals surface area contributed by atoms with Crippen molar-refractivity contribution in [3.63, 3.8) is 0 Å². The fourth-order valence-corrected chi connectivity index (χ4v) is 0.0645. The van der Waals surface area contributed by atoms with Crippen LogP contribution in [-0.2, 0) is 0 Å². The molecule has 0 atom stereocenters. The molecule has 0 fully saturated rings. The molecule has 0 amide bonds. The summed E-state index contributed by atoms with van der Waals surface area (Å²) in [6, 6.07) is 0. The summed E-state index contributed by atoms with van der Waals surface area (Å²) in [6.45, 7) is 6.44. The molecular weight excluding hydrogens is 106 g/mol. The lowest BCUT2D eigenvalue weighted by Gasteiger charge is -2.19. The van der Waals surface area contributed by atoms with E-state index in [-0.39, 0.29) is 5.76 Å². The molecule has 3 N–H and O–H groups in total. The van der Waals surface area contributed by atoms with E-state index in [0.29, 0.717) is 0 Å². The number of hydrogen-bond acceptors (Lipinski definition) is 3. The number of aliphatic hydroxyl groups excluding tert-OH is 1. The van der Waals surface area contributed by atoms with Crippen LogP contribution in [0.15, 0.2) is 12.3 Å². The van der Waals surface area contributed by atoms with Crippen molar-refractivity contribution in [2.75, 3.05) is 0 Å². The van der Waals surface area contributed by atoms with E-state index in [0.717, 1.165) is 0 Å². The Kier molecular flexibility index (Phi) is 2.01. The summed E-state index contributed by atoms with van der Waals surface area (Å²) in [5, 5.41) is 17.0. The van der Waals surface area contributed by atoms with Crippen LogP contribution in [0.3, 0.4) is 0 Å². The van der Waals surface area contributed by atoms with E-state index in [4.69, 9.17) is 10.3 Å². The summed E-state index contributed by atoms with van der Waals surface area (Å²) in [7, 11) is 0. The van der Waals surface area contributed by atoms with Gasteiger partial charge in [-0.05, 0) is 13.8 Å². The number of rotatable bonds is 2. The van der Waals surface area contributed by atoms with Gasteiger partial charge in [-0.15, -0.1) is 0 Å². The third kappa shape index (κ3) is 1.52. The van der Waals surface area contributed by atoms with Gasteiger partial charge >= 0.3 is 0 Å². The molecule has 0 radical (unpaired) electrons. The van der Waals surface area contributed by atoms with E-state index in [2.05, 4.69) is 6.58 Å². The molecular formula is C5H11NO2. The number of hydrogen-bond donors (Lipinski definition) is 3. The van der Waals surface area contributed by atoms with Crippen LogP contribution >= 0.6 is 0 Å². The first-order chi connectivity index (χ1) is 3.50. The Morgan fingerprint density at radius 2 is 2.00 bits per heavy atom. The molecule has 0 spiro atoms. The number of aliphatic hydroxyl groups is 1. The Morgan fingerprint density at radius 3 is 2.00 bits per heavy atom. The molecule has 48 valence electrons. The molecule has 3 nitrogen and oxygen atoms in total. The minimum Gasteiger partial charge on any atom is -0.511 e. The van der Waals surface area contributed by atoms with Crippen LogP contribution in [-0.4, -0.2) is 15.9 Å². The summed E-state index contributed by atoms with van der Waals surface area (Å²) < 4.78 is 0. The van der Waals surface area contributed by atoms with Gasteiger partial charge in [-0.2, -0.15) is 5.48 Å². The fraction of sp³-hybridized carbons (Fsp3) is 0.600. The highest BCUT2D eigenvalue weighted by atomic mass is 16.5. The first-order valence-corrected chi connectivity index (χ1v) is 2.30. The average Bonchev–Trinajstić information content (AvgIpc) is 1.67. The zero-order chi connectivity index (χ0) is 6.78. The van der Waals surface area contributed by atoms with Gasteiger partial charge in [0.25, 0.3) is 0 Å². The van der Waals surface area contributed by atoms with Gasteiger partial charge in [-0.3, -0.25) is 0 Å². The van der Waals surface area contributed by atoms with E-state index in [9.17, 15) is 0 Å². The van der Waals surface area contributed by atoms with Gasteiger partial charge in [0.1, 0.15) is 5.76 Å². The van der Waals surface area contributed by atoms with Crippen LogP contribution < -0.4 is 5.48 Å². The highest BCUT2D eigenvalue weighted by Gasteiger charge is 2.18. The van der Waals surface area contributed by atoms with E-state index < -0.39 is 5.54 Å². The molecule has 0 saturated heterocycles. The van der Waals surface area contributed by atoms with Gasteiger partial charge in [0.05, 0.1) is 5.54 Å². The van der Waals surface area contributed by atoms with Crippen molar-refractivity contribution in [2.24, 2.45) is 0 Å². The average molecular weight is 117 g/mol. The van der Waals surface area contributed by atoms with Crippen molar-refractivity contribution >= 4 is 0 Å². The van der Waals surface area contributed by atoms with Gasteiger partial charge < -0.3 is 10.3 Å². The van der Waals surface area contributed by atoms with E-state index in [1.165, 1.54) is 0 Å². The lowest BCUT2D eigenvalue weighted by molar-refractivity contribution is 0.0771. The van der Waals surface area contributed by atoms with Crippen molar-refractivity contribution in [3.05, 3.63) is 12.3 Å². The first-order valence-electron chi connectivity index (χ1n) is 2.30. The molecule has 0 heterocycles. The first kappa shape index (κ1) is 7.46. The molecule has 0 rings (SSSR count). The van der Waals surface area contributed by atoms with Crippen LogP contribution in [0.4, 0.5) is 0 Å². The third-order valence-electron chi connectivity index (χ3n) is 1.00.